The molecule has 0 aliphatic carbocycles. The lowest BCUT2D eigenvalue weighted by Crippen LogP contribution is -2.10. The van der Waals surface area contributed by atoms with Gasteiger partial charge >= 0.3 is 0 Å². The van der Waals surface area contributed by atoms with Crippen LogP contribution in [0.2, 0.25) is 0 Å². The first-order valence-corrected chi connectivity index (χ1v) is 7.19. The lowest BCUT2D eigenvalue weighted by molar-refractivity contribution is -0.118. The molecule has 0 saturated heterocycles. The number of hydrogen-bond donors (Lipinski definition) is 2. The predicted molar refractivity (Wildman–Crippen MR) is 84.9 cm³/mol. The van der Waals surface area contributed by atoms with E-state index < -0.39 is 0 Å². The molecule has 0 aliphatic heterocycles. The highest BCUT2D eigenvalue weighted by Crippen LogP contribution is 2.24. The first-order valence-electron chi connectivity index (χ1n) is 7.19. The molecular formula is C17H17N3O2. The normalized spacial score (nSPS) is 10.9. The number of amides is 1. The highest BCUT2D eigenvalue weighted by Gasteiger charge is 2.11. The van der Waals surface area contributed by atoms with Gasteiger partial charge in [-0.1, -0.05) is 18.2 Å². The monoisotopic (exact) mass is 295 g/mol. The number of carbonyl (C=O) groups is 1. The van der Waals surface area contributed by atoms with Crippen molar-refractivity contribution in [2.75, 3.05) is 0 Å². The van der Waals surface area contributed by atoms with Gasteiger partial charge in [-0.3, -0.25) is 4.79 Å². The Kier molecular flexibility index (Phi) is 3.78. The van der Waals surface area contributed by atoms with Crippen LogP contribution >= 0.6 is 0 Å². The van der Waals surface area contributed by atoms with Crippen molar-refractivity contribution < 1.29 is 9.90 Å². The van der Waals surface area contributed by atoms with E-state index in [2.05, 4.69) is 5.10 Å². The number of hydrogen-bond acceptors (Lipinski definition) is 3. The number of nitrogens with zero attached hydrogens (tertiary/aromatic N) is 2. The summed E-state index contributed by atoms with van der Waals surface area (Å²) >= 11 is 0. The number of phenols is 1. The Morgan fingerprint density at radius 2 is 1.86 bits per heavy atom. The van der Waals surface area contributed by atoms with Crippen LogP contribution in [0.25, 0.3) is 16.6 Å². The van der Waals surface area contributed by atoms with Gasteiger partial charge in [-0.2, -0.15) is 5.10 Å². The summed E-state index contributed by atoms with van der Waals surface area (Å²) in [7, 11) is 0. The van der Waals surface area contributed by atoms with E-state index in [-0.39, 0.29) is 11.7 Å². The van der Waals surface area contributed by atoms with E-state index in [0.29, 0.717) is 19.3 Å². The zero-order chi connectivity index (χ0) is 15.5. The van der Waals surface area contributed by atoms with Gasteiger partial charge in [0.25, 0.3) is 0 Å². The van der Waals surface area contributed by atoms with E-state index in [1.807, 2.05) is 41.1 Å². The summed E-state index contributed by atoms with van der Waals surface area (Å²) < 4.78 is 1.86. The van der Waals surface area contributed by atoms with Gasteiger partial charge in [0.15, 0.2) is 0 Å². The van der Waals surface area contributed by atoms with Crippen molar-refractivity contribution in [3.8, 4) is 11.4 Å². The quantitative estimate of drug-likeness (QED) is 0.759. The second-order valence-corrected chi connectivity index (χ2v) is 5.21. The third kappa shape index (κ3) is 2.79. The number of benzene rings is 2. The Morgan fingerprint density at radius 1 is 1.14 bits per heavy atom. The molecule has 0 bridgehead atoms. The first-order chi connectivity index (χ1) is 10.6. The number of aryl methyl sites for hydroxylation is 1. The zero-order valence-electron chi connectivity index (χ0n) is 12.1. The Hall–Kier alpha value is -2.82. The van der Waals surface area contributed by atoms with Crippen LogP contribution in [0.5, 0.6) is 5.75 Å². The molecular weight excluding hydrogens is 278 g/mol. The number of nitrogens with two attached hydrogens (primary N) is 1. The summed E-state index contributed by atoms with van der Waals surface area (Å²) in [6.45, 7) is 0. The minimum absolute atomic E-state index is 0.224. The van der Waals surface area contributed by atoms with Crippen LogP contribution in [-0.4, -0.2) is 20.8 Å². The van der Waals surface area contributed by atoms with E-state index in [4.69, 9.17) is 5.73 Å². The summed E-state index contributed by atoms with van der Waals surface area (Å²) in [6, 6.07) is 14.9. The Morgan fingerprint density at radius 3 is 2.59 bits per heavy atom. The fourth-order valence-electron chi connectivity index (χ4n) is 2.54. The lowest BCUT2D eigenvalue weighted by atomic mass is 10.1. The summed E-state index contributed by atoms with van der Waals surface area (Å²) in [5, 5.41) is 15.2. The SMILES string of the molecule is NC(=O)CCCc1nn(-c2ccc(O)cc2)c2ccccc12. The fraction of sp³-hybridized carbons (Fsp3) is 0.176. The number of carbonyl (C=O) groups excluding carboxylic acids is 1. The molecule has 5 nitrogen and oxygen atoms in total. The molecule has 3 N–H and O–H groups in total. The highest BCUT2D eigenvalue weighted by molar-refractivity contribution is 5.83. The van der Waals surface area contributed by atoms with Crippen molar-refractivity contribution in [1.82, 2.24) is 9.78 Å². The second kappa shape index (κ2) is 5.89. The van der Waals surface area contributed by atoms with Gasteiger partial charge < -0.3 is 10.8 Å². The van der Waals surface area contributed by atoms with Crippen LogP contribution in [-0.2, 0) is 11.2 Å². The predicted octanol–water partition coefficient (Wildman–Crippen LogP) is 2.54. The topological polar surface area (TPSA) is 81.1 Å². The van der Waals surface area contributed by atoms with Gasteiger partial charge in [0.2, 0.25) is 5.91 Å². The van der Waals surface area contributed by atoms with Gasteiger partial charge in [0, 0.05) is 11.8 Å². The van der Waals surface area contributed by atoms with Crippen LogP contribution in [0.15, 0.2) is 48.5 Å². The molecule has 3 aromatic rings. The molecule has 2 aromatic carbocycles. The summed E-state index contributed by atoms with van der Waals surface area (Å²) in [4.78, 5) is 10.9. The zero-order valence-corrected chi connectivity index (χ0v) is 12.1. The average molecular weight is 295 g/mol. The maximum atomic E-state index is 10.9. The molecule has 0 atom stereocenters. The standard InChI is InChI=1S/C17H17N3O2/c18-17(22)7-3-5-15-14-4-1-2-6-16(14)20(19-15)12-8-10-13(21)11-9-12/h1-2,4,6,8-11,21H,3,5,7H2,(H2,18,22). The number of phenolic OH excluding ortho intramolecular Hbond substituents is 1. The van der Waals surface area contributed by atoms with Crippen molar-refractivity contribution in [2.24, 2.45) is 5.73 Å². The van der Waals surface area contributed by atoms with E-state index >= 15 is 0 Å². The number of fused-ring (bicyclic) bond motifs is 1. The van der Waals surface area contributed by atoms with E-state index in [1.165, 1.54) is 0 Å². The molecule has 1 heterocycles. The van der Waals surface area contributed by atoms with E-state index in [1.54, 1.807) is 12.1 Å². The number of primary amides is 1. The molecule has 0 unspecified atom stereocenters. The molecule has 1 aromatic heterocycles. The number of aromatic hydroxyl groups is 1. The maximum Gasteiger partial charge on any atom is 0.217 e. The fourth-order valence-corrected chi connectivity index (χ4v) is 2.54. The first kappa shape index (κ1) is 14.1. The van der Waals surface area contributed by atoms with Gasteiger partial charge in [-0.25, -0.2) is 4.68 Å². The van der Waals surface area contributed by atoms with Crippen LogP contribution in [0.3, 0.4) is 0 Å². The molecule has 5 heteroatoms. The van der Waals surface area contributed by atoms with Crippen LogP contribution < -0.4 is 5.73 Å². The molecule has 22 heavy (non-hydrogen) atoms. The largest absolute Gasteiger partial charge is 0.508 e. The second-order valence-electron chi connectivity index (χ2n) is 5.21. The third-order valence-corrected chi connectivity index (χ3v) is 3.59. The molecule has 112 valence electrons. The maximum absolute atomic E-state index is 10.9. The third-order valence-electron chi connectivity index (χ3n) is 3.59. The van der Waals surface area contributed by atoms with Gasteiger partial charge in [-0.05, 0) is 43.2 Å². The van der Waals surface area contributed by atoms with Crippen molar-refractivity contribution in [2.45, 2.75) is 19.3 Å². The molecule has 1 amide bonds. The molecule has 0 aliphatic rings. The van der Waals surface area contributed by atoms with Crippen molar-refractivity contribution in [3.05, 3.63) is 54.2 Å². The van der Waals surface area contributed by atoms with Crippen LogP contribution in [0, 0.1) is 0 Å². The van der Waals surface area contributed by atoms with E-state index in [9.17, 15) is 9.90 Å². The Balaban J connectivity index is 2.00. The lowest BCUT2D eigenvalue weighted by Gasteiger charge is -2.03. The van der Waals surface area contributed by atoms with Gasteiger partial charge in [0.1, 0.15) is 5.75 Å². The molecule has 0 radical (unpaired) electrons. The number of aromatic nitrogens is 2. The Bertz CT molecular complexity index is 806. The van der Waals surface area contributed by atoms with Gasteiger partial charge in [-0.15, -0.1) is 0 Å². The smallest absolute Gasteiger partial charge is 0.217 e. The van der Waals surface area contributed by atoms with E-state index in [0.717, 1.165) is 22.3 Å². The molecule has 0 fully saturated rings. The average Bonchev–Trinajstić information content (AvgIpc) is 2.87. The highest BCUT2D eigenvalue weighted by atomic mass is 16.3. The number of para-hydroxylation sites is 1. The van der Waals surface area contributed by atoms with Crippen molar-refractivity contribution in [3.63, 3.8) is 0 Å². The summed E-state index contributed by atoms with van der Waals surface area (Å²) in [5.41, 5.74) is 8.03. The Labute approximate surface area is 128 Å². The molecule has 0 spiro atoms. The summed E-state index contributed by atoms with van der Waals surface area (Å²) in [5.74, 6) is -0.0656. The van der Waals surface area contributed by atoms with Crippen LogP contribution in [0.4, 0.5) is 0 Å². The van der Waals surface area contributed by atoms with Gasteiger partial charge in [0.05, 0.1) is 16.9 Å². The minimum atomic E-state index is -0.290. The molecule has 3 rings (SSSR count). The number of rotatable bonds is 5. The van der Waals surface area contributed by atoms with Crippen molar-refractivity contribution >= 4 is 16.8 Å². The minimum Gasteiger partial charge on any atom is -0.508 e. The van der Waals surface area contributed by atoms with Crippen LogP contribution in [0.1, 0.15) is 18.5 Å². The van der Waals surface area contributed by atoms with Crippen molar-refractivity contribution in [1.29, 1.82) is 0 Å². The molecule has 0 saturated carbocycles. The summed E-state index contributed by atoms with van der Waals surface area (Å²) in [6.07, 6.45) is 1.75.